The van der Waals surface area contributed by atoms with Crippen molar-refractivity contribution in [3.63, 3.8) is 0 Å². The Kier molecular flexibility index (Phi) is 4.71. The van der Waals surface area contributed by atoms with Gasteiger partial charge in [-0.05, 0) is 49.7 Å². The molecule has 0 N–H and O–H groups in total. The fourth-order valence-corrected chi connectivity index (χ4v) is 4.29. The SMILES string of the molecule is CCOC(=O)/C(F)=C/c1sc2ccc(Cl)c3c2c1CN(C)CC3. The number of ether oxygens (including phenoxy) is 1. The third-order valence-corrected chi connectivity index (χ3v) is 5.43. The van der Waals surface area contributed by atoms with Crippen LogP contribution < -0.4 is 0 Å². The zero-order valence-electron chi connectivity index (χ0n) is 13.0. The first-order valence-corrected chi connectivity index (χ1v) is 8.66. The van der Waals surface area contributed by atoms with Crippen molar-refractivity contribution in [3.05, 3.63) is 39.0 Å². The van der Waals surface area contributed by atoms with E-state index in [9.17, 15) is 9.18 Å². The number of hydrogen-bond acceptors (Lipinski definition) is 4. The minimum absolute atomic E-state index is 0.155. The van der Waals surface area contributed by atoms with Gasteiger partial charge in [-0.2, -0.15) is 4.39 Å². The van der Waals surface area contributed by atoms with E-state index in [2.05, 4.69) is 4.90 Å². The van der Waals surface area contributed by atoms with E-state index < -0.39 is 11.8 Å². The fraction of sp³-hybridized carbons (Fsp3) is 0.353. The molecule has 0 atom stereocenters. The zero-order chi connectivity index (χ0) is 16.6. The summed E-state index contributed by atoms with van der Waals surface area (Å²) in [5, 5.41) is 1.85. The van der Waals surface area contributed by atoms with Gasteiger partial charge in [0.2, 0.25) is 5.83 Å². The summed E-state index contributed by atoms with van der Waals surface area (Å²) in [4.78, 5) is 14.5. The van der Waals surface area contributed by atoms with Crippen LogP contribution in [0.4, 0.5) is 4.39 Å². The maximum Gasteiger partial charge on any atom is 0.367 e. The molecular formula is C17H17ClFNO2S. The highest BCUT2D eigenvalue weighted by atomic mass is 35.5. The van der Waals surface area contributed by atoms with Crippen LogP contribution in [0.5, 0.6) is 0 Å². The molecule has 0 saturated heterocycles. The monoisotopic (exact) mass is 353 g/mol. The van der Waals surface area contributed by atoms with Crippen molar-refractivity contribution in [1.29, 1.82) is 0 Å². The molecule has 0 bridgehead atoms. The van der Waals surface area contributed by atoms with Gasteiger partial charge in [0.1, 0.15) is 0 Å². The van der Waals surface area contributed by atoms with Crippen molar-refractivity contribution in [2.45, 2.75) is 19.9 Å². The van der Waals surface area contributed by atoms with E-state index in [0.29, 0.717) is 6.54 Å². The lowest BCUT2D eigenvalue weighted by Gasteiger charge is -2.13. The summed E-state index contributed by atoms with van der Waals surface area (Å²) >= 11 is 7.84. The van der Waals surface area contributed by atoms with Crippen LogP contribution in [0.2, 0.25) is 5.02 Å². The van der Waals surface area contributed by atoms with Gasteiger partial charge in [-0.15, -0.1) is 11.3 Å². The smallest absolute Gasteiger partial charge is 0.367 e. The van der Waals surface area contributed by atoms with Crippen molar-refractivity contribution in [1.82, 2.24) is 4.90 Å². The summed E-state index contributed by atoms with van der Waals surface area (Å²) < 4.78 is 19.8. The molecule has 0 spiro atoms. The number of halogens is 2. The number of esters is 1. The highest BCUT2D eigenvalue weighted by Gasteiger charge is 2.22. The quantitative estimate of drug-likeness (QED) is 0.604. The summed E-state index contributed by atoms with van der Waals surface area (Å²) in [6, 6.07) is 3.85. The predicted octanol–water partition coefficient (Wildman–Crippen LogP) is 4.42. The third-order valence-electron chi connectivity index (χ3n) is 3.94. The average Bonchev–Trinajstić information content (AvgIpc) is 2.73. The van der Waals surface area contributed by atoms with Gasteiger partial charge in [-0.3, -0.25) is 0 Å². The average molecular weight is 354 g/mol. The summed E-state index contributed by atoms with van der Waals surface area (Å²) in [6.07, 6.45) is 2.15. The van der Waals surface area contributed by atoms with Crippen LogP contribution in [0.25, 0.3) is 16.2 Å². The van der Waals surface area contributed by atoms with E-state index in [1.54, 1.807) is 6.92 Å². The summed E-state index contributed by atoms with van der Waals surface area (Å²) in [5.41, 5.74) is 2.14. The van der Waals surface area contributed by atoms with Crippen LogP contribution in [0.1, 0.15) is 22.9 Å². The van der Waals surface area contributed by atoms with Crippen LogP contribution in [0.3, 0.4) is 0 Å². The lowest BCUT2D eigenvalue weighted by Crippen LogP contribution is -2.18. The standard InChI is InChI=1S/C17H17ClFNO2S/c1-3-22-17(21)13(19)8-15-11-9-20(2)7-6-10-12(18)4-5-14(23-15)16(10)11/h4-5,8H,3,6-7,9H2,1-2H3/b13-8-. The van der Waals surface area contributed by atoms with Crippen molar-refractivity contribution in [2.24, 2.45) is 0 Å². The Morgan fingerprint density at radius 1 is 1.48 bits per heavy atom. The fourth-order valence-electron chi connectivity index (χ4n) is 2.86. The van der Waals surface area contributed by atoms with Crippen LogP contribution in [0.15, 0.2) is 18.0 Å². The Labute approximate surface area is 143 Å². The number of thiophene rings is 1. The summed E-state index contributed by atoms with van der Waals surface area (Å²) in [7, 11) is 2.03. The molecule has 6 heteroatoms. The van der Waals surface area contributed by atoms with Gasteiger partial charge >= 0.3 is 5.97 Å². The molecule has 1 aliphatic heterocycles. The van der Waals surface area contributed by atoms with Crippen molar-refractivity contribution in [3.8, 4) is 0 Å². The van der Waals surface area contributed by atoms with Crippen LogP contribution >= 0.6 is 22.9 Å². The van der Waals surface area contributed by atoms with Gasteiger partial charge in [0.25, 0.3) is 0 Å². The molecule has 2 aromatic rings. The lowest BCUT2D eigenvalue weighted by atomic mass is 10.0. The molecule has 1 aliphatic rings. The highest BCUT2D eigenvalue weighted by molar-refractivity contribution is 7.20. The van der Waals surface area contributed by atoms with Gasteiger partial charge in [0, 0.05) is 33.1 Å². The van der Waals surface area contributed by atoms with E-state index in [1.807, 2.05) is 19.2 Å². The molecule has 0 amide bonds. The molecule has 0 fully saturated rings. The number of benzene rings is 1. The van der Waals surface area contributed by atoms with E-state index in [4.69, 9.17) is 16.3 Å². The van der Waals surface area contributed by atoms with Crippen LogP contribution in [-0.4, -0.2) is 31.1 Å². The van der Waals surface area contributed by atoms with E-state index in [1.165, 1.54) is 17.4 Å². The molecule has 0 saturated carbocycles. The van der Waals surface area contributed by atoms with Crippen LogP contribution in [-0.2, 0) is 22.5 Å². The third kappa shape index (κ3) is 3.13. The molecule has 0 radical (unpaired) electrons. The Bertz CT molecular complexity index is 799. The normalized spacial score (nSPS) is 15.7. The maximum absolute atomic E-state index is 14.1. The molecular weight excluding hydrogens is 337 g/mol. The topological polar surface area (TPSA) is 29.5 Å². The number of hydrogen-bond donors (Lipinski definition) is 0. The van der Waals surface area contributed by atoms with Crippen LogP contribution in [0, 0.1) is 0 Å². The van der Waals surface area contributed by atoms with Gasteiger partial charge in [-0.25, -0.2) is 4.79 Å². The lowest BCUT2D eigenvalue weighted by molar-refractivity contribution is -0.140. The van der Waals surface area contributed by atoms with E-state index in [-0.39, 0.29) is 6.61 Å². The second-order valence-corrected chi connectivity index (χ2v) is 7.04. The first-order chi connectivity index (χ1) is 11.0. The Morgan fingerprint density at radius 2 is 2.26 bits per heavy atom. The van der Waals surface area contributed by atoms with Gasteiger partial charge < -0.3 is 9.64 Å². The Morgan fingerprint density at radius 3 is 3.00 bits per heavy atom. The second kappa shape index (κ2) is 6.59. The first kappa shape index (κ1) is 16.4. The van der Waals surface area contributed by atoms with Crippen molar-refractivity contribution in [2.75, 3.05) is 20.2 Å². The molecule has 3 rings (SSSR count). The van der Waals surface area contributed by atoms with Gasteiger partial charge in [-0.1, -0.05) is 11.6 Å². The number of carbonyl (C=O) groups excluding carboxylic acids is 1. The molecule has 122 valence electrons. The molecule has 0 unspecified atom stereocenters. The van der Waals surface area contributed by atoms with E-state index in [0.717, 1.165) is 44.1 Å². The minimum atomic E-state index is -0.919. The molecule has 2 heterocycles. The number of nitrogens with zero attached hydrogens (tertiary/aromatic N) is 1. The number of rotatable bonds is 3. The summed E-state index contributed by atoms with van der Waals surface area (Å²) in [5.74, 6) is -1.79. The van der Waals surface area contributed by atoms with Crippen molar-refractivity contribution >= 4 is 45.1 Å². The second-order valence-electron chi connectivity index (χ2n) is 5.54. The maximum atomic E-state index is 14.1. The molecule has 0 aliphatic carbocycles. The zero-order valence-corrected chi connectivity index (χ0v) is 14.6. The first-order valence-electron chi connectivity index (χ1n) is 7.47. The molecule has 1 aromatic heterocycles. The molecule has 1 aromatic carbocycles. The van der Waals surface area contributed by atoms with Crippen molar-refractivity contribution < 1.29 is 13.9 Å². The Balaban J connectivity index is 2.15. The summed E-state index contributed by atoms with van der Waals surface area (Å²) in [6.45, 7) is 3.40. The van der Waals surface area contributed by atoms with E-state index >= 15 is 0 Å². The predicted molar refractivity (Wildman–Crippen MR) is 92.6 cm³/mol. The number of likely N-dealkylation sites (N-methyl/N-ethyl adjacent to an activating group) is 1. The van der Waals surface area contributed by atoms with Gasteiger partial charge in [0.05, 0.1) is 6.61 Å². The number of carbonyl (C=O) groups is 1. The molecule has 3 nitrogen and oxygen atoms in total. The Hall–Kier alpha value is -1.43. The van der Waals surface area contributed by atoms with Gasteiger partial charge in [0.15, 0.2) is 0 Å². The highest BCUT2D eigenvalue weighted by Crippen LogP contribution is 2.40. The molecule has 23 heavy (non-hydrogen) atoms. The minimum Gasteiger partial charge on any atom is -0.461 e. The largest absolute Gasteiger partial charge is 0.461 e.